The molecule has 1 saturated heterocycles. The number of likely N-dealkylation sites (tertiary alicyclic amines) is 1. The van der Waals surface area contributed by atoms with Gasteiger partial charge in [0.25, 0.3) is 0 Å². The van der Waals surface area contributed by atoms with Crippen molar-refractivity contribution in [2.45, 2.75) is 25.6 Å². The van der Waals surface area contributed by atoms with Gasteiger partial charge in [0.2, 0.25) is 5.91 Å². The van der Waals surface area contributed by atoms with Gasteiger partial charge in [-0.25, -0.2) is 0 Å². The number of hydrogen-bond donors (Lipinski definition) is 1. The first kappa shape index (κ1) is 21.1. The highest BCUT2D eigenvalue weighted by atomic mass is 19.4. The Morgan fingerprint density at radius 2 is 1.78 bits per heavy atom. The molecule has 9 heteroatoms. The lowest BCUT2D eigenvalue weighted by Gasteiger charge is -2.33. The van der Waals surface area contributed by atoms with E-state index in [2.05, 4.69) is 5.32 Å². The number of amides is 1. The number of halogens is 3. The van der Waals surface area contributed by atoms with E-state index in [1.165, 1.54) is 21.3 Å². The van der Waals surface area contributed by atoms with Crippen LogP contribution in [0.15, 0.2) is 12.1 Å². The summed E-state index contributed by atoms with van der Waals surface area (Å²) >= 11 is 0. The van der Waals surface area contributed by atoms with Crippen LogP contribution in [-0.2, 0) is 11.3 Å². The summed E-state index contributed by atoms with van der Waals surface area (Å²) in [6, 6.07) is 3.34. The van der Waals surface area contributed by atoms with Gasteiger partial charge in [0.05, 0.1) is 33.8 Å². The minimum Gasteiger partial charge on any atom is -0.496 e. The van der Waals surface area contributed by atoms with Crippen LogP contribution in [0.4, 0.5) is 13.2 Å². The van der Waals surface area contributed by atoms with E-state index in [9.17, 15) is 18.0 Å². The van der Waals surface area contributed by atoms with Crippen LogP contribution in [0.5, 0.6) is 17.2 Å². The van der Waals surface area contributed by atoms with E-state index < -0.39 is 12.1 Å². The molecule has 1 heterocycles. The maximum atomic E-state index is 12.9. The van der Waals surface area contributed by atoms with Crippen LogP contribution in [0.25, 0.3) is 0 Å². The van der Waals surface area contributed by atoms with Gasteiger partial charge in [-0.1, -0.05) is 0 Å². The molecule has 1 aromatic rings. The van der Waals surface area contributed by atoms with Gasteiger partial charge in [0, 0.05) is 24.7 Å². The van der Waals surface area contributed by atoms with E-state index in [4.69, 9.17) is 14.2 Å². The molecule has 0 spiro atoms. The number of rotatable bonds is 7. The maximum Gasteiger partial charge on any atom is 0.393 e. The number of carbonyl (C=O) groups is 1. The molecule has 0 aromatic heterocycles. The standard InChI is InChI=1S/C18H25F3N2O4/c1-25-14-8-16(27-3)15(26-2)7-12(14)9-22-17(24)11-23-6-4-5-13(10-23)18(19,20)21/h7-8,13H,4-6,9-11H2,1-3H3,(H,22,24). The summed E-state index contributed by atoms with van der Waals surface area (Å²) in [7, 11) is 4.50. The second-order valence-electron chi connectivity index (χ2n) is 6.41. The molecule has 0 bridgehead atoms. The zero-order valence-electron chi connectivity index (χ0n) is 15.7. The van der Waals surface area contributed by atoms with Crippen LogP contribution in [0.1, 0.15) is 18.4 Å². The van der Waals surface area contributed by atoms with Crippen molar-refractivity contribution >= 4 is 5.91 Å². The summed E-state index contributed by atoms with van der Waals surface area (Å²) in [6.07, 6.45) is -3.67. The summed E-state index contributed by atoms with van der Waals surface area (Å²) in [5.41, 5.74) is 0.676. The molecule has 1 N–H and O–H groups in total. The summed E-state index contributed by atoms with van der Waals surface area (Å²) in [5.74, 6) is -0.203. The molecule has 0 radical (unpaired) electrons. The Balaban J connectivity index is 1.95. The van der Waals surface area contributed by atoms with Gasteiger partial charge >= 0.3 is 6.18 Å². The third kappa shape index (κ3) is 5.66. The number of nitrogens with one attached hydrogen (secondary N) is 1. The molecule has 1 atom stereocenters. The number of hydrogen-bond acceptors (Lipinski definition) is 5. The van der Waals surface area contributed by atoms with Crippen molar-refractivity contribution in [1.29, 1.82) is 0 Å². The first-order valence-corrected chi connectivity index (χ1v) is 8.63. The summed E-state index contributed by atoms with van der Waals surface area (Å²) in [6.45, 7) is 0.442. The Kier molecular flexibility index (Phi) is 7.18. The number of piperidine rings is 1. The zero-order valence-corrected chi connectivity index (χ0v) is 15.7. The number of ether oxygens (including phenoxy) is 3. The van der Waals surface area contributed by atoms with Crippen molar-refractivity contribution < 1.29 is 32.2 Å². The molecule has 6 nitrogen and oxygen atoms in total. The van der Waals surface area contributed by atoms with Gasteiger partial charge in [0.1, 0.15) is 5.75 Å². The predicted octanol–water partition coefficient (Wildman–Crippen LogP) is 2.60. The van der Waals surface area contributed by atoms with Crippen LogP contribution in [0, 0.1) is 5.92 Å². The fourth-order valence-electron chi connectivity index (χ4n) is 3.15. The Morgan fingerprint density at radius 3 is 2.37 bits per heavy atom. The molecule has 2 rings (SSSR count). The lowest BCUT2D eigenvalue weighted by atomic mass is 9.97. The largest absolute Gasteiger partial charge is 0.496 e. The minimum absolute atomic E-state index is 0.0673. The molecule has 27 heavy (non-hydrogen) atoms. The van der Waals surface area contributed by atoms with Gasteiger partial charge < -0.3 is 19.5 Å². The van der Waals surface area contributed by atoms with Gasteiger partial charge in [-0.15, -0.1) is 0 Å². The second kappa shape index (κ2) is 9.16. The van der Waals surface area contributed by atoms with Crippen molar-refractivity contribution in [2.24, 2.45) is 5.92 Å². The van der Waals surface area contributed by atoms with Crippen LogP contribution >= 0.6 is 0 Å². The molecule has 1 unspecified atom stereocenters. The Labute approximate surface area is 156 Å². The number of carbonyl (C=O) groups excluding carboxylic acids is 1. The number of benzene rings is 1. The smallest absolute Gasteiger partial charge is 0.393 e. The Morgan fingerprint density at radius 1 is 1.15 bits per heavy atom. The fourth-order valence-corrected chi connectivity index (χ4v) is 3.15. The summed E-state index contributed by atoms with van der Waals surface area (Å²) in [4.78, 5) is 13.7. The van der Waals surface area contributed by atoms with Crippen LogP contribution in [0.3, 0.4) is 0 Å². The quantitative estimate of drug-likeness (QED) is 0.776. The average molecular weight is 390 g/mol. The molecule has 152 valence electrons. The van der Waals surface area contributed by atoms with E-state index in [1.807, 2.05) is 0 Å². The Hall–Kier alpha value is -2.16. The molecule has 0 saturated carbocycles. The fraction of sp³-hybridized carbons (Fsp3) is 0.611. The maximum absolute atomic E-state index is 12.9. The molecule has 0 aliphatic carbocycles. The van der Waals surface area contributed by atoms with E-state index in [1.54, 1.807) is 17.0 Å². The first-order valence-electron chi connectivity index (χ1n) is 8.63. The molecule has 1 aromatic carbocycles. The van der Waals surface area contributed by atoms with Gasteiger partial charge in [-0.3, -0.25) is 9.69 Å². The molecule has 1 aliphatic rings. The van der Waals surface area contributed by atoms with Crippen molar-refractivity contribution in [3.05, 3.63) is 17.7 Å². The lowest BCUT2D eigenvalue weighted by molar-refractivity contribution is -0.187. The van der Waals surface area contributed by atoms with Crippen LogP contribution in [0.2, 0.25) is 0 Å². The average Bonchev–Trinajstić information content (AvgIpc) is 2.65. The van der Waals surface area contributed by atoms with Crippen molar-refractivity contribution in [2.75, 3.05) is 41.0 Å². The Bertz CT molecular complexity index is 652. The van der Waals surface area contributed by atoms with Crippen molar-refractivity contribution in [3.63, 3.8) is 0 Å². The molecule has 1 fully saturated rings. The van der Waals surface area contributed by atoms with Crippen LogP contribution in [-0.4, -0.2) is 57.9 Å². The topological polar surface area (TPSA) is 60.0 Å². The molecule has 1 aliphatic heterocycles. The van der Waals surface area contributed by atoms with E-state index in [0.29, 0.717) is 35.8 Å². The van der Waals surface area contributed by atoms with Gasteiger partial charge in [0.15, 0.2) is 11.5 Å². The van der Waals surface area contributed by atoms with E-state index in [0.717, 1.165) is 0 Å². The van der Waals surface area contributed by atoms with Gasteiger partial charge in [-0.2, -0.15) is 13.2 Å². The number of alkyl halides is 3. The van der Waals surface area contributed by atoms with Crippen molar-refractivity contribution in [1.82, 2.24) is 10.2 Å². The SMILES string of the molecule is COc1cc(OC)c(OC)cc1CNC(=O)CN1CCCC(C(F)(F)F)C1. The third-order valence-corrected chi connectivity index (χ3v) is 4.60. The lowest BCUT2D eigenvalue weighted by Crippen LogP contribution is -2.45. The normalized spacial score (nSPS) is 18.1. The monoisotopic (exact) mass is 390 g/mol. The highest BCUT2D eigenvalue weighted by molar-refractivity contribution is 5.78. The third-order valence-electron chi connectivity index (χ3n) is 4.60. The molecular weight excluding hydrogens is 365 g/mol. The molecular formula is C18H25F3N2O4. The summed E-state index contributed by atoms with van der Waals surface area (Å²) < 4.78 is 54.4. The number of methoxy groups -OCH3 is 3. The first-order chi connectivity index (χ1) is 12.8. The highest BCUT2D eigenvalue weighted by Crippen LogP contribution is 2.35. The van der Waals surface area contributed by atoms with E-state index in [-0.39, 0.29) is 32.0 Å². The van der Waals surface area contributed by atoms with Gasteiger partial charge in [-0.05, 0) is 25.5 Å². The highest BCUT2D eigenvalue weighted by Gasteiger charge is 2.41. The van der Waals surface area contributed by atoms with Crippen LogP contribution < -0.4 is 19.5 Å². The molecule has 1 amide bonds. The number of nitrogens with zero attached hydrogens (tertiary/aromatic N) is 1. The van der Waals surface area contributed by atoms with E-state index >= 15 is 0 Å². The summed E-state index contributed by atoms with van der Waals surface area (Å²) in [5, 5.41) is 2.73. The minimum atomic E-state index is -4.22. The predicted molar refractivity (Wildman–Crippen MR) is 93.2 cm³/mol. The second-order valence-corrected chi connectivity index (χ2v) is 6.41. The van der Waals surface area contributed by atoms with Crippen molar-refractivity contribution in [3.8, 4) is 17.2 Å². The zero-order chi connectivity index (χ0) is 20.0.